The van der Waals surface area contributed by atoms with Gasteiger partial charge in [0.15, 0.2) is 9.84 Å². The Morgan fingerprint density at radius 3 is 2.63 bits per heavy atom. The average Bonchev–Trinajstić information content (AvgIpc) is 3.02. The van der Waals surface area contributed by atoms with Crippen LogP contribution >= 0.6 is 11.3 Å². The van der Waals surface area contributed by atoms with Crippen molar-refractivity contribution in [3.8, 4) is 16.2 Å². The van der Waals surface area contributed by atoms with Gasteiger partial charge < -0.3 is 10.5 Å². The molecule has 2 atom stereocenters. The van der Waals surface area contributed by atoms with Crippen LogP contribution in [0.1, 0.15) is 32.1 Å². The third kappa shape index (κ3) is 3.14. The molecule has 2 aromatic rings. The highest BCUT2D eigenvalue weighted by molar-refractivity contribution is 7.93. The van der Waals surface area contributed by atoms with Crippen LogP contribution in [-0.2, 0) is 15.4 Å². The predicted molar refractivity (Wildman–Crippen MR) is 108 cm³/mol. The van der Waals surface area contributed by atoms with E-state index in [1.54, 1.807) is 40.0 Å². The van der Waals surface area contributed by atoms with Crippen LogP contribution < -0.4 is 10.5 Å². The van der Waals surface area contributed by atoms with Gasteiger partial charge in [0.2, 0.25) is 0 Å². The molecule has 0 spiro atoms. The molecule has 146 valence electrons. The van der Waals surface area contributed by atoms with Crippen molar-refractivity contribution >= 4 is 27.0 Å². The molecule has 0 amide bonds. The van der Waals surface area contributed by atoms with E-state index in [0.29, 0.717) is 17.0 Å². The SMILES string of the molecule is CC[C@@]1(C)C(N)=N[C@](C)(c2sc(-c3cccc(OC)c3)cc2F)CS1(=O)=O. The molecule has 8 heteroatoms. The van der Waals surface area contributed by atoms with Gasteiger partial charge in [-0.25, -0.2) is 12.8 Å². The first-order valence-electron chi connectivity index (χ1n) is 8.58. The molecule has 0 saturated carbocycles. The first-order chi connectivity index (χ1) is 12.6. The number of aliphatic imine (C=N–C) groups is 1. The van der Waals surface area contributed by atoms with Gasteiger partial charge in [0.05, 0.1) is 17.7 Å². The molecule has 1 aliphatic rings. The summed E-state index contributed by atoms with van der Waals surface area (Å²) in [5, 5.41) is 0. The summed E-state index contributed by atoms with van der Waals surface area (Å²) in [6.07, 6.45) is 0.322. The fourth-order valence-electron chi connectivity index (χ4n) is 3.28. The maximum atomic E-state index is 14.8. The molecule has 0 bridgehead atoms. The number of halogens is 1. The summed E-state index contributed by atoms with van der Waals surface area (Å²) in [6, 6.07) is 8.69. The minimum Gasteiger partial charge on any atom is -0.497 e. The molecule has 1 aliphatic heterocycles. The lowest BCUT2D eigenvalue weighted by Crippen LogP contribution is -2.56. The third-order valence-electron chi connectivity index (χ3n) is 5.27. The van der Waals surface area contributed by atoms with Crippen LogP contribution in [0.15, 0.2) is 35.3 Å². The quantitative estimate of drug-likeness (QED) is 0.833. The van der Waals surface area contributed by atoms with Crippen molar-refractivity contribution in [3.63, 3.8) is 0 Å². The molecule has 0 saturated heterocycles. The molecule has 5 nitrogen and oxygen atoms in total. The minimum atomic E-state index is -3.60. The standard InChI is InChI=1S/C19H23FN2O3S2/c1-5-19(3)17(21)22-18(2,11-27(19,23)24)16-14(20)10-15(26-16)12-7-6-8-13(9-12)25-4/h6-10H,5,11H2,1-4H3,(H2,21,22)/t18-,19-/m0/s1. The topological polar surface area (TPSA) is 81.8 Å². The van der Waals surface area contributed by atoms with Crippen LogP contribution in [0.4, 0.5) is 4.39 Å². The van der Waals surface area contributed by atoms with Crippen LogP contribution in [0.25, 0.3) is 10.4 Å². The summed E-state index contributed by atoms with van der Waals surface area (Å²) in [4.78, 5) is 5.41. The third-order valence-corrected chi connectivity index (χ3v) is 9.50. The van der Waals surface area contributed by atoms with Gasteiger partial charge in [-0.05, 0) is 44.0 Å². The largest absolute Gasteiger partial charge is 0.497 e. The van der Waals surface area contributed by atoms with Crippen molar-refractivity contribution in [2.75, 3.05) is 12.9 Å². The number of nitrogens with zero attached hydrogens (tertiary/aromatic N) is 1. The number of thiophene rings is 1. The molecule has 1 aromatic carbocycles. The molecular formula is C19H23FN2O3S2. The second kappa shape index (κ2) is 6.60. The summed E-state index contributed by atoms with van der Waals surface area (Å²) in [7, 11) is -2.03. The van der Waals surface area contributed by atoms with E-state index in [2.05, 4.69) is 4.99 Å². The van der Waals surface area contributed by atoms with Gasteiger partial charge >= 0.3 is 0 Å². The van der Waals surface area contributed by atoms with Gasteiger partial charge in [0, 0.05) is 4.88 Å². The molecule has 0 unspecified atom stereocenters. The molecule has 0 fully saturated rings. The zero-order chi connectivity index (χ0) is 20.0. The Morgan fingerprint density at radius 1 is 1.33 bits per heavy atom. The highest BCUT2D eigenvalue weighted by Gasteiger charge is 2.51. The number of nitrogens with two attached hydrogens (primary N) is 1. The molecule has 2 N–H and O–H groups in total. The van der Waals surface area contributed by atoms with Gasteiger partial charge in [-0.15, -0.1) is 11.3 Å². The van der Waals surface area contributed by atoms with Crippen LogP contribution in [0.5, 0.6) is 5.75 Å². The van der Waals surface area contributed by atoms with Crippen molar-refractivity contribution in [2.45, 2.75) is 37.5 Å². The van der Waals surface area contributed by atoms with Crippen molar-refractivity contribution in [3.05, 3.63) is 41.0 Å². The Bertz CT molecular complexity index is 1020. The highest BCUT2D eigenvalue weighted by atomic mass is 32.2. The fraction of sp³-hybridized carbons (Fsp3) is 0.421. The molecule has 27 heavy (non-hydrogen) atoms. The molecular weight excluding hydrogens is 387 g/mol. The monoisotopic (exact) mass is 410 g/mol. The van der Waals surface area contributed by atoms with E-state index in [-0.39, 0.29) is 16.5 Å². The summed E-state index contributed by atoms with van der Waals surface area (Å²) >= 11 is 1.19. The van der Waals surface area contributed by atoms with E-state index in [9.17, 15) is 12.8 Å². The highest BCUT2D eigenvalue weighted by Crippen LogP contribution is 2.44. The van der Waals surface area contributed by atoms with E-state index >= 15 is 0 Å². The lowest BCUT2D eigenvalue weighted by atomic mass is 10.00. The number of methoxy groups -OCH3 is 1. The minimum absolute atomic E-state index is 0.0366. The number of sulfone groups is 1. The Hall–Kier alpha value is -1.93. The molecule has 2 heterocycles. The van der Waals surface area contributed by atoms with E-state index in [1.807, 2.05) is 12.1 Å². The van der Waals surface area contributed by atoms with E-state index in [1.165, 1.54) is 17.4 Å². The van der Waals surface area contributed by atoms with Crippen LogP contribution in [0.3, 0.4) is 0 Å². The van der Waals surface area contributed by atoms with Crippen molar-refractivity contribution in [1.29, 1.82) is 0 Å². The predicted octanol–water partition coefficient (Wildman–Crippen LogP) is 3.73. The lowest BCUT2D eigenvalue weighted by molar-refractivity contribution is 0.415. The van der Waals surface area contributed by atoms with Gasteiger partial charge in [-0.3, -0.25) is 4.99 Å². The normalized spacial score (nSPS) is 27.2. The maximum absolute atomic E-state index is 14.8. The molecule has 3 rings (SSSR count). The van der Waals surface area contributed by atoms with E-state index < -0.39 is 25.9 Å². The Balaban J connectivity index is 2.11. The number of hydrogen-bond acceptors (Lipinski definition) is 6. The first kappa shape index (κ1) is 19.8. The van der Waals surface area contributed by atoms with Crippen LogP contribution in [0, 0.1) is 5.82 Å². The zero-order valence-corrected chi connectivity index (χ0v) is 17.4. The summed E-state index contributed by atoms with van der Waals surface area (Å²) in [5.41, 5.74) is 5.60. The lowest BCUT2D eigenvalue weighted by Gasteiger charge is -2.38. The molecule has 1 aromatic heterocycles. The van der Waals surface area contributed by atoms with Gasteiger partial charge in [0.1, 0.15) is 27.7 Å². The van der Waals surface area contributed by atoms with Crippen LogP contribution in [-0.4, -0.2) is 31.9 Å². The van der Waals surface area contributed by atoms with Gasteiger partial charge in [-0.1, -0.05) is 19.1 Å². The van der Waals surface area contributed by atoms with Gasteiger partial charge in [0.25, 0.3) is 0 Å². The zero-order valence-electron chi connectivity index (χ0n) is 15.7. The Kier molecular flexibility index (Phi) is 4.84. The number of amidine groups is 1. The van der Waals surface area contributed by atoms with E-state index in [0.717, 1.165) is 5.56 Å². The summed E-state index contributed by atoms with van der Waals surface area (Å²) in [6.45, 7) is 4.96. The smallest absolute Gasteiger partial charge is 0.165 e. The van der Waals surface area contributed by atoms with Gasteiger partial charge in [-0.2, -0.15) is 0 Å². The van der Waals surface area contributed by atoms with Crippen LogP contribution in [0.2, 0.25) is 0 Å². The summed E-state index contributed by atoms with van der Waals surface area (Å²) in [5.74, 6) is -0.0584. The maximum Gasteiger partial charge on any atom is 0.165 e. The number of benzene rings is 1. The number of rotatable bonds is 4. The summed E-state index contributed by atoms with van der Waals surface area (Å²) < 4.78 is 44.7. The Labute approximate surface area is 163 Å². The van der Waals surface area contributed by atoms with Crippen molar-refractivity contribution in [2.24, 2.45) is 10.7 Å². The second-order valence-corrected chi connectivity index (χ2v) is 10.6. The molecule has 0 radical (unpaired) electrons. The van der Waals surface area contributed by atoms with Crippen molar-refractivity contribution in [1.82, 2.24) is 0 Å². The number of ether oxygens (including phenoxy) is 1. The molecule has 0 aliphatic carbocycles. The average molecular weight is 411 g/mol. The number of hydrogen-bond donors (Lipinski definition) is 1. The van der Waals surface area contributed by atoms with E-state index in [4.69, 9.17) is 10.5 Å². The first-order valence-corrected chi connectivity index (χ1v) is 11.1. The van der Waals surface area contributed by atoms with Crippen molar-refractivity contribution < 1.29 is 17.5 Å². The fourth-order valence-corrected chi connectivity index (χ4v) is 6.56. The second-order valence-electron chi connectivity index (χ2n) is 7.13. The Morgan fingerprint density at radius 2 is 2.04 bits per heavy atom.